The molecular formula is C3H7N3. The van der Waals surface area contributed by atoms with Crippen molar-refractivity contribution >= 4 is 0 Å². The van der Waals surface area contributed by atoms with Gasteiger partial charge in [0.05, 0.1) is 5.69 Å². The van der Waals surface area contributed by atoms with Gasteiger partial charge in [-0.25, -0.2) is 0 Å². The van der Waals surface area contributed by atoms with Crippen molar-refractivity contribution in [3.05, 3.63) is 11.9 Å². The Bertz CT molecular complexity index is 98.7. The van der Waals surface area contributed by atoms with Crippen molar-refractivity contribution in [3.63, 3.8) is 0 Å². The van der Waals surface area contributed by atoms with E-state index in [1.807, 2.05) is 6.20 Å². The molecular weight excluding hydrogens is 78.1 g/mol. The van der Waals surface area contributed by atoms with Crippen molar-refractivity contribution in [3.8, 4) is 0 Å². The summed E-state index contributed by atoms with van der Waals surface area (Å²) in [7, 11) is 0. The van der Waals surface area contributed by atoms with Gasteiger partial charge in [-0.1, -0.05) is 0 Å². The van der Waals surface area contributed by atoms with Crippen molar-refractivity contribution in [1.82, 2.24) is 10.2 Å². The largest absolute Gasteiger partial charge is 0.325 e. The van der Waals surface area contributed by atoms with Gasteiger partial charge < -0.3 is 15.9 Å². The summed E-state index contributed by atoms with van der Waals surface area (Å²) in [5.41, 5.74) is 6.23. The van der Waals surface area contributed by atoms with Crippen LogP contribution in [0, 0.1) is 0 Å². The van der Waals surface area contributed by atoms with Gasteiger partial charge in [-0.05, 0) is 0 Å². The van der Waals surface area contributed by atoms with Crippen LogP contribution < -0.4 is 5.73 Å². The van der Waals surface area contributed by atoms with Gasteiger partial charge in [0.25, 0.3) is 0 Å². The van der Waals surface area contributed by atoms with Gasteiger partial charge in [0.15, 0.2) is 0 Å². The molecule has 4 N–H and O–H groups in total. The molecule has 1 aromatic rings. The first-order valence-electron chi connectivity index (χ1n) is 1.84. The highest BCUT2D eigenvalue weighted by Crippen LogP contribution is 1.84. The minimum atomic E-state index is 0.604. The first-order valence-corrected chi connectivity index (χ1v) is 1.84. The molecule has 0 aliphatic carbocycles. The fourth-order valence-corrected chi connectivity index (χ4v) is 0.284. The van der Waals surface area contributed by atoms with Crippen molar-refractivity contribution in [2.24, 2.45) is 5.73 Å². The molecule has 0 aliphatic heterocycles. The van der Waals surface area contributed by atoms with Gasteiger partial charge in [0.2, 0.25) is 0 Å². The van der Waals surface area contributed by atoms with E-state index in [0.717, 1.165) is 5.69 Å². The van der Waals surface area contributed by atoms with Crippen molar-refractivity contribution in [2.45, 2.75) is 6.54 Å². The highest BCUT2D eigenvalue weighted by atomic mass is 15.1. The van der Waals surface area contributed by atoms with Crippen LogP contribution in [0.15, 0.2) is 6.20 Å². The molecule has 0 bridgehead atoms. The van der Waals surface area contributed by atoms with E-state index in [9.17, 15) is 0 Å². The van der Waals surface area contributed by atoms with Gasteiger partial charge in [-0.15, -0.1) is 0 Å². The number of nitrogens with two attached hydrogens (primary N) is 1. The van der Waals surface area contributed by atoms with Crippen LogP contribution in [0.4, 0.5) is 0 Å². The van der Waals surface area contributed by atoms with Crippen LogP contribution in [0.5, 0.6) is 0 Å². The predicted octanol–water partition coefficient (Wildman–Crippen LogP) is -0.199. The van der Waals surface area contributed by atoms with E-state index in [-0.39, 0.29) is 0 Å². The minimum Gasteiger partial charge on any atom is -0.325 e. The molecule has 1 aromatic heterocycles. The number of hydrogen-bond acceptors (Lipinski definition) is 1. The average molecular weight is 85.1 g/mol. The minimum absolute atomic E-state index is 0.604. The lowest BCUT2D eigenvalue weighted by Gasteiger charge is -1.97. The van der Waals surface area contributed by atoms with Crippen molar-refractivity contribution < 1.29 is 0 Å². The third-order valence-corrected chi connectivity index (χ3v) is 0.699. The van der Waals surface area contributed by atoms with E-state index in [4.69, 9.17) is 5.73 Å². The van der Waals surface area contributed by atoms with Crippen molar-refractivity contribution in [1.29, 1.82) is 0 Å². The lowest BCUT2D eigenvalue weighted by Crippen LogP contribution is -2.03. The summed E-state index contributed by atoms with van der Waals surface area (Å²) in [4.78, 5) is 0. The quantitative estimate of drug-likeness (QED) is 0.434. The SMILES string of the molecule is NCc1c[nH][nH]1. The van der Waals surface area contributed by atoms with Crippen LogP contribution >= 0.6 is 0 Å². The molecule has 0 atom stereocenters. The van der Waals surface area contributed by atoms with Crippen LogP contribution in [0.3, 0.4) is 0 Å². The van der Waals surface area contributed by atoms with E-state index < -0.39 is 0 Å². The van der Waals surface area contributed by atoms with Crippen LogP contribution in [-0.2, 0) is 6.54 Å². The normalized spacial score (nSPS) is 9.50. The Morgan fingerprint density at radius 2 is 2.50 bits per heavy atom. The van der Waals surface area contributed by atoms with Crippen LogP contribution in [-0.4, -0.2) is 10.2 Å². The number of H-pyrrole nitrogens is 2. The Morgan fingerprint density at radius 1 is 1.83 bits per heavy atom. The van der Waals surface area contributed by atoms with E-state index >= 15 is 0 Å². The molecule has 1 heterocycles. The van der Waals surface area contributed by atoms with Crippen LogP contribution in [0.2, 0.25) is 0 Å². The Kier molecular flexibility index (Phi) is 0.686. The van der Waals surface area contributed by atoms with Gasteiger partial charge in [0.1, 0.15) is 0 Å². The summed E-state index contributed by atoms with van der Waals surface area (Å²) >= 11 is 0. The maximum atomic E-state index is 5.16. The Labute approximate surface area is 35.5 Å². The molecule has 6 heavy (non-hydrogen) atoms. The predicted molar refractivity (Wildman–Crippen MR) is 23.0 cm³/mol. The third-order valence-electron chi connectivity index (χ3n) is 0.699. The Hall–Kier alpha value is -0.700. The van der Waals surface area contributed by atoms with E-state index in [0.29, 0.717) is 6.54 Å². The molecule has 0 unspecified atom stereocenters. The first kappa shape index (κ1) is 3.49. The van der Waals surface area contributed by atoms with Gasteiger partial charge in [0, 0.05) is 12.7 Å². The number of aromatic amines is 2. The second-order valence-electron chi connectivity index (χ2n) is 1.14. The second-order valence-corrected chi connectivity index (χ2v) is 1.14. The molecule has 0 saturated carbocycles. The molecule has 0 amide bonds. The molecule has 0 saturated heterocycles. The lowest BCUT2D eigenvalue weighted by molar-refractivity contribution is 0.828. The summed E-state index contributed by atoms with van der Waals surface area (Å²) in [6, 6.07) is 0. The maximum absolute atomic E-state index is 5.16. The van der Waals surface area contributed by atoms with Gasteiger partial charge in [-0.3, -0.25) is 0 Å². The average Bonchev–Trinajstić information content (AvgIpc) is 1.31. The topological polar surface area (TPSA) is 57.6 Å². The summed E-state index contributed by atoms with van der Waals surface area (Å²) in [5, 5.41) is 5.50. The number of hydrogen-bond donors (Lipinski definition) is 3. The van der Waals surface area contributed by atoms with Crippen LogP contribution in [0.1, 0.15) is 5.69 Å². The summed E-state index contributed by atoms with van der Waals surface area (Å²) in [6.45, 7) is 0.604. The Balaban J connectivity index is 2.51. The first-order chi connectivity index (χ1) is 2.93. The summed E-state index contributed by atoms with van der Waals surface area (Å²) < 4.78 is 0. The number of aromatic nitrogens is 2. The molecule has 3 nitrogen and oxygen atoms in total. The second kappa shape index (κ2) is 1.18. The van der Waals surface area contributed by atoms with E-state index in [1.54, 1.807) is 0 Å². The number of nitrogens with one attached hydrogen (secondary N) is 2. The van der Waals surface area contributed by atoms with E-state index in [1.165, 1.54) is 0 Å². The Morgan fingerprint density at radius 3 is 2.50 bits per heavy atom. The smallest absolute Gasteiger partial charge is 0.0624 e. The molecule has 0 fully saturated rings. The molecule has 0 radical (unpaired) electrons. The number of rotatable bonds is 1. The summed E-state index contributed by atoms with van der Waals surface area (Å²) in [6.07, 6.45) is 1.83. The molecule has 0 spiro atoms. The van der Waals surface area contributed by atoms with Crippen LogP contribution in [0.25, 0.3) is 0 Å². The zero-order valence-electron chi connectivity index (χ0n) is 3.36. The fourth-order valence-electron chi connectivity index (χ4n) is 0.284. The molecule has 34 valence electrons. The monoisotopic (exact) mass is 85.1 g/mol. The lowest BCUT2D eigenvalue weighted by atomic mass is 10.5. The zero-order valence-corrected chi connectivity index (χ0v) is 3.36. The summed E-state index contributed by atoms with van der Waals surface area (Å²) in [5.74, 6) is 0. The van der Waals surface area contributed by atoms with E-state index in [2.05, 4.69) is 10.2 Å². The highest BCUT2D eigenvalue weighted by molar-refractivity contribution is 4.90. The molecule has 1 rings (SSSR count). The molecule has 0 aliphatic rings. The third kappa shape index (κ3) is 0.328. The van der Waals surface area contributed by atoms with Gasteiger partial charge >= 0.3 is 0 Å². The standard InChI is InChI=1S/C3H7N3/c4-1-3-2-5-6-3/h2,5-6H,1,4H2. The molecule has 0 aromatic carbocycles. The fraction of sp³-hybridized carbons (Fsp3) is 0.333. The highest BCUT2D eigenvalue weighted by Gasteiger charge is 1.83. The zero-order chi connectivity index (χ0) is 4.41. The molecule has 3 heteroatoms. The van der Waals surface area contributed by atoms with Gasteiger partial charge in [-0.2, -0.15) is 0 Å². The maximum Gasteiger partial charge on any atom is 0.0624 e. The van der Waals surface area contributed by atoms with Crippen molar-refractivity contribution in [2.75, 3.05) is 0 Å².